The number of aryl methyl sites for hydroxylation is 1. The van der Waals surface area contributed by atoms with E-state index in [1.54, 1.807) is 0 Å². The van der Waals surface area contributed by atoms with Gasteiger partial charge in [0, 0.05) is 11.1 Å². The Morgan fingerprint density at radius 1 is 0.815 bits per heavy atom. The lowest BCUT2D eigenvalue weighted by Gasteiger charge is -2.18. The summed E-state index contributed by atoms with van der Waals surface area (Å²) >= 11 is 0. The molecule has 0 saturated carbocycles. The van der Waals surface area contributed by atoms with Crippen molar-refractivity contribution in [2.75, 3.05) is 0 Å². The fourth-order valence-electron chi connectivity index (χ4n) is 3.26. The molecule has 0 aliphatic carbocycles. The zero-order valence-electron chi connectivity index (χ0n) is 15.0. The van der Waals surface area contributed by atoms with Gasteiger partial charge in [0.2, 0.25) is 0 Å². The van der Waals surface area contributed by atoms with Crippen molar-refractivity contribution in [3.8, 4) is 11.8 Å². The van der Waals surface area contributed by atoms with Crippen molar-refractivity contribution in [1.29, 1.82) is 0 Å². The van der Waals surface area contributed by atoms with Crippen molar-refractivity contribution in [3.63, 3.8) is 0 Å². The van der Waals surface area contributed by atoms with Gasteiger partial charge < -0.3 is 10.1 Å². The fraction of sp³-hybridized carbons (Fsp3) is 0.125. The molecule has 4 rings (SSSR count). The van der Waals surface area contributed by atoms with E-state index in [4.69, 9.17) is 4.74 Å². The molecule has 2 atom stereocenters. The third-order valence-corrected chi connectivity index (χ3v) is 4.55. The molecule has 0 radical (unpaired) electrons. The van der Waals surface area contributed by atoms with Crippen molar-refractivity contribution in [3.05, 3.63) is 107 Å². The van der Waals surface area contributed by atoms with Crippen molar-refractivity contribution >= 4 is 6.09 Å². The second-order valence-corrected chi connectivity index (χ2v) is 6.60. The van der Waals surface area contributed by atoms with E-state index >= 15 is 0 Å². The Morgan fingerprint density at radius 3 is 2.33 bits per heavy atom. The molecular weight excluding hydrogens is 334 g/mol. The lowest BCUT2D eigenvalue weighted by Crippen LogP contribution is -2.19. The van der Waals surface area contributed by atoms with E-state index in [2.05, 4.69) is 23.2 Å². The molecule has 0 aromatic heterocycles. The van der Waals surface area contributed by atoms with Crippen LogP contribution >= 0.6 is 0 Å². The molecule has 1 N–H and O–H groups in total. The Hall–Kier alpha value is -3.51. The molecule has 132 valence electrons. The van der Waals surface area contributed by atoms with Crippen LogP contribution in [-0.2, 0) is 4.74 Å². The van der Waals surface area contributed by atoms with Gasteiger partial charge in [-0.05, 0) is 42.3 Å². The second-order valence-electron chi connectivity index (χ2n) is 6.60. The minimum absolute atomic E-state index is 0.238. The maximum atomic E-state index is 11.9. The van der Waals surface area contributed by atoms with E-state index < -0.39 is 6.09 Å². The molecule has 27 heavy (non-hydrogen) atoms. The first-order valence-corrected chi connectivity index (χ1v) is 8.90. The predicted molar refractivity (Wildman–Crippen MR) is 105 cm³/mol. The molecule has 1 aliphatic rings. The zero-order chi connectivity index (χ0) is 18.6. The lowest BCUT2D eigenvalue weighted by molar-refractivity contribution is 0.132. The van der Waals surface area contributed by atoms with E-state index in [0.29, 0.717) is 0 Å². The molecule has 3 aromatic rings. The first-order valence-electron chi connectivity index (χ1n) is 8.90. The number of nitrogens with one attached hydrogen (secondary N) is 1. The Balaban J connectivity index is 1.64. The molecule has 3 heteroatoms. The average molecular weight is 353 g/mol. The Morgan fingerprint density at radius 2 is 1.52 bits per heavy atom. The van der Waals surface area contributed by atoms with Crippen LogP contribution in [0.15, 0.2) is 78.9 Å². The first-order chi connectivity index (χ1) is 13.2. The number of hydrogen-bond acceptors (Lipinski definition) is 2. The molecule has 1 amide bonds. The highest BCUT2D eigenvalue weighted by Gasteiger charge is 2.36. The Kier molecular flexibility index (Phi) is 4.63. The molecule has 0 bridgehead atoms. The maximum Gasteiger partial charge on any atom is 0.408 e. The van der Waals surface area contributed by atoms with Gasteiger partial charge in [0.1, 0.15) is 0 Å². The van der Waals surface area contributed by atoms with Gasteiger partial charge in [-0.1, -0.05) is 72.0 Å². The number of alkyl carbamates (subject to hydrolysis) is 1. The smallest absolute Gasteiger partial charge is 0.408 e. The van der Waals surface area contributed by atoms with E-state index in [-0.39, 0.29) is 12.1 Å². The van der Waals surface area contributed by atoms with Crippen molar-refractivity contribution in [2.24, 2.45) is 0 Å². The third kappa shape index (κ3) is 3.86. The van der Waals surface area contributed by atoms with E-state index in [1.807, 2.05) is 79.7 Å². The highest BCUT2D eigenvalue weighted by atomic mass is 16.6. The molecule has 1 fully saturated rings. The number of ether oxygens (including phenoxy) is 1. The number of rotatable bonds is 2. The van der Waals surface area contributed by atoms with Gasteiger partial charge in [-0.15, -0.1) is 0 Å². The van der Waals surface area contributed by atoms with Gasteiger partial charge in [-0.2, -0.15) is 0 Å². The Labute approximate surface area is 159 Å². The van der Waals surface area contributed by atoms with Crippen LogP contribution in [-0.4, -0.2) is 6.09 Å². The van der Waals surface area contributed by atoms with Crippen LogP contribution in [0.1, 0.15) is 40.0 Å². The summed E-state index contributed by atoms with van der Waals surface area (Å²) in [4.78, 5) is 11.9. The van der Waals surface area contributed by atoms with Crippen LogP contribution in [0.5, 0.6) is 0 Å². The highest BCUT2D eigenvalue weighted by Crippen LogP contribution is 2.37. The monoisotopic (exact) mass is 353 g/mol. The van der Waals surface area contributed by atoms with Gasteiger partial charge in [-0.3, -0.25) is 0 Å². The normalized spacial score (nSPS) is 18.2. The van der Waals surface area contributed by atoms with Crippen molar-refractivity contribution in [1.82, 2.24) is 5.32 Å². The van der Waals surface area contributed by atoms with Crippen LogP contribution in [0.3, 0.4) is 0 Å². The molecule has 1 heterocycles. The van der Waals surface area contributed by atoms with E-state index in [9.17, 15) is 4.79 Å². The topological polar surface area (TPSA) is 38.3 Å². The summed E-state index contributed by atoms with van der Waals surface area (Å²) < 4.78 is 5.55. The predicted octanol–water partition coefficient (Wildman–Crippen LogP) is 4.92. The molecule has 0 spiro atoms. The first kappa shape index (κ1) is 16.9. The average Bonchev–Trinajstić information content (AvgIpc) is 3.09. The number of benzene rings is 3. The van der Waals surface area contributed by atoms with Crippen LogP contribution in [0.2, 0.25) is 0 Å². The largest absolute Gasteiger partial charge is 0.439 e. The standard InChI is InChI=1S/C24H19NO2/c1-17-7-5-12-21(15-17)23-22(25-24(26)27-23)20-11-6-10-19(16-20)14-13-18-8-3-2-4-9-18/h2-12,15-16,22-23H,1H3,(H,25,26)/t22-,23-/m1/s1. The molecule has 0 unspecified atom stereocenters. The van der Waals surface area contributed by atoms with Gasteiger partial charge in [0.05, 0.1) is 6.04 Å². The van der Waals surface area contributed by atoms with Crippen LogP contribution < -0.4 is 5.32 Å². The van der Waals surface area contributed by atoms with Gasteiger partial charge in [0.25, 0.3) is 0 Å². The summed E-state index contributed by atoms with van der Waals surface area (Å²) in [5.41, 5.74) is 4.97. The van der Waals surface area contributed by atoms with Crippen LogP contribution in [0.4, 0.5) is 4.79 Å². The molecule has 3 nitrogen and oxygen atoms in total. The summed E-state index contributed by atoms with van der Waals surface area (Å²) in [7, 11) is 0. The van der Waals surface area contributed by atoms with Crippen LogP contribution in [0.25, 0.3) is 0 Å². The van der Waals surface area contributed by atoms with Crippen LogP contribution in [0, 0.1) is 18.8 Å². The van der Waals surface area contributed by atoms with Gasteiger partial charge in [-0.25, -0.2) is 4.79 Å². The number of cyclic esters (lactones) is 1. The summed E-state index contributed by atoms with van der Waals surface area (Å²) in [6, 6.07) is 25.6. The maximum absolute atomic E-state index is 11.9. The number of carbonyl (C=O) groups excluding carboxylic acids is 1. The summed E-state index contributed by atoms with van der Waals surface area (Å²) in [5.74, 6) is 6.37. The summed E-state index contributed by atoms with van der Waals surface area (Å²) in [5, 5.41) is 2.93. The second kappa shape index (κ2) is 7.39. The highest BCUT2D eigenvalue weighted by molar-refractivity contribution is 5.71. The Bertz CT molecular complexity index is 1030. The molecule has 1 aliphatic heterocycles. The SMILES string of the molecule is Cc1cccc([C@H]2OC(=O)N[C@@H]2c2cccc(C#Cc3ccccc3)c2)c1. The molecular formula is C24H19NO2. The molecule has 3 aromatic carbocycles. The minimum Gasteiger partial charge on any atom is -0.439 e. The number of carbonyl (C=O) groups is 1. The summed E-state index contributed by atoms with van der Waals surface area (Å²) in [6.07, 6.45) is -0.748. The van der Waals surface area contributed by atoms with Gasteiger partial charge in [0.15, 0.2) is 6.10 Å². The van der Waals surface area contributed by atoms with Crippen molar-refractivity contribution in [2.45, 2.75) is 19.1 Å². The summed E-state index contributed by atoms with van der Waals surface area (Å²) in [6.45, 7) is 2.03. The third-order valence-electron chi connectivity index (χ3n) is 4.55. The fourth-order valence-corrected chi connectivity index (χ4v) is 3.26. The quantitative estimate of drug-likeness (QED) is 0.664. The lowest BCUT2D eigenvalue weighted by atomic mass is 9.94. The minimum atomic E-state index is -0.396. The zero-order valence-corrected chi connectivity index (χ0v) is 15.0. The van der Waals surface area contributed by atoms with E-state index in [1.165, 1.54) is 0 Å². The van der Waals surface area contributed by atoms with E-state index in [0.717, 1.165) is 27.8 Å². The van der Waals surface area contributed by atoms with Gasteiger partial charge >= 0.3 is 6.09 Å². The number of amides is 1. The molecule has 1 saturated heterocycles. The number of hydrogen-bond donors (Lipinski definition) is 1. The van der Waals surface area contributed by atoms with Crippen molar-refractivity contribution < 1.29 is 9.53 Å².